The van der Waals surface area contributed by atoms with Crippen molar-refractivity contribution < 1.29 is 69.4 Å². The standard InChI is InChI=1S/C14H11BF3N2O.K/c16-15(17,18)11-3-5-12(6-4-11)20-14(9-19)10-1-7-13(21)8-2-10;/h1-8,14,20-21H;/q-1;+1. The fourth-order valence-electron chi connectivity index (χ4n) is 1.82. The number of nitriles is 1. The smallest absolute Gasteiger partial charge is 0.508 e. The number of hydrogen-bond acceptors (Lipinski definition) is 3. The molecule has 0 saturated carbocycles. The quantitative estimate of drug-likeness (QED) is 0.784. The molecule has 22 heavy (non-hydrogen) atoms. The normalized spacial score (nSPS) is 11.9. The molecule has 1 unspecified atom stereocenters. The van der Waals surface area contributed by atoms with Crippen molar-refractivity contribution in [2.75, 3.05) is 5.32 Å². The molecule has 0 aromatic heterocycles. The topological polar surface area (TPSA) is 56.0 Å². The fourth-order valence-corrected chi connectivity index (χ4v) is 1.82. The Labute approximate surface area is 168 Å². The summed E-state index contributed by atoms with van der Waals surface area (Å²) in [7, 11) is 0. The van der Waals surface area contributed by atoms with E-state index >= 15 is 0 Å². The molecule has 0 heterocycles. The van der Waals surface area contributed by atoms with Gasteiger partial charge in [0.2, 0.25) is 0 Å². The van der Waals surface area contributed by atoms with Gasteiger partial charge in [0, 0.05) is 5.69 Å². The van der Waals surface area contributed by atoms with Crippen molar-refractivity contribution in [1.82, 2.24) is 0 Å². The number of nitrogens with one attached hydrogen (secondary N) is 1. The summed E-state index contributed by atoms with van der Waals surface area (Å²) in [4.78, 5) is 0. The van der Waals surface area contributed by atoms with E-state index in [1.807, 2.05) is 6.07 Å². The minimum absolute atomic E-state index is 0. The van der Waals surface area contributed by atoms with Gasteiger partial charge in [-0.25, -0.2) is 0 Å². The largest absolute Gasteiger partial charge is 1.00 e. The van der Waals surface area contributed by atoms with Crippen LogP contribution in [0, 0.1) is 11.3 Å². The van der Waals surface area contributed by atoms with Gasteiger partial charge in [-0.15, -0.1) is 5.46 Å². The summed E-state index contributed by atoms with van der Waals surface area (Å²) in [6.45, 7) is -5.02. The summed E-state index contributed by atoms with van der Waals surface area (Å²) >= 11 is 0. The van der Waals surface area contributed by atoms with Crippen LogP contribution in [0.5, 0.6) is 5.75 Å². The maximum Gasteiger partial charge on any atom is 1.00 e. The molecule has 2 N–H and O–H groups in total. The molecule has 0 fully saturated rings. The predicted octanol–water partition coefficient (Wildman–Crippen LogP) is 0.127. The van der Waals surface area contributed by atoms with Crippen LogP contribution < -0.4 is 62.2 Å². The summed E-state index contributed by atoms with van der Waals surface area (Å²) in [6, 6.07) is 11.9. The zero-order chi connectivity index (χ0) is 15.5. The second kappa shape index (κ2) is 8.04. The zero-order valence-corrected chi connectivity index (χ0v) is 14.9. The van der Waals surface area contributed by atoms with Crippen LogP contribution in [0.4, 0.5) is 18.6 Å². The molecule has 3 nitrogen and oxygen atoms in total. The average Bonchev–Trinajstić information content (AvgIpc) is 2.45. The van der Waals surface area contributed by atoms with E-state index in [4.69, 9.17) is 5.26 Å². The third-order valence-electron chi connectivity index (χ3n) is 2.96. The van der Waals surface area contributed by atoms with Crippen LogP contribution in [0.15, 0.2) is 48.5 Å². The van der Waals surface area contributed by atoms with Crippen molar-refractivity contribution in [3.63, 3.8) is 0 Å². The van der Waals surface area contributed by atoms with E-state index < -0.39 is 18.5 Å². The molecule has 0 spiro atoms. The number of aromatic hydroxyl groups is 1. The molecule has 2 aromatic carbocycles. The van der Waals surface area contributed by atoms with Gasteiger partial charge >= 0.3 is 58.4 Å². The molecule has 0 bridgehead atoms. The van der Waals surface area contributed by atoms with Crippen molar-refractivity contribution in [3.8, 4) is 11.8 Å². The van der Waals surface area contributed by atoms with Crippen molar-refractivity contribution in [1.29, 1.82) is 5.26 Å². The molecule has 0 saturated heterocycles. The summed E-state index contributed by atoms with van der Waals surface area (Å²) in [5.41, 5.74) is 0.344. The Morgan fingerprint density at radius 2 is 1.55 bits per heavy atom. The Balaban J connectivity index is 0.00000242. The zero-order valence-electron chi connectivity index (χ0n) is 11.8. The van der Waals surface area contributed by atoms with Gasteiger partial charge in [-0.05, 0) is 29.8 Å². The van der Waals surface area contributed by atoms with Crippen LogP contribution in [0.3, 0.4) is 0 Å². The van der Waals surface area contributed by atoms with Gasteiger partial charge in [0.1, 0.15) is 11.8 Å². The van der Waals surface area contributed by atoms with Gasteiger partial charge < -0.3 is 23.4 Å². The molecule has 8 heteroatoms. The second-order valence-corrected chi connectivity index (χ2v) is 4.49. The van der Waals surface area contributed by atoms with E-state index in [0.717, 1.165) is 12.1 Å². The molecular formula is C14H11BF3KN2O. The number of halogens is 3. The summed E-state index contributed by atoms with van der Waals surface area (Å²) in [6.07, 6.45) is 0. The Kier molecular flexibility index (Phi) is 6.97. The minimum atomic E-state index is -5.02. The third kappa shape index (κ3) is 5.04. The van der Waals surface area contributed by atoms with Crippen LogP contribution in [0.25, 0.3) is 0 Å². The van der Waals surface area contributed by atoms with Crippen LogP contribution in [0.2, 0.25) is 0 Å². The van der Waals surface area contributed by atoms with E-state index in [0.29, 0.717) is 11.3 Å². The number of phenolic OH excluding ortho intramolecular Hbond substituents is 1. The van der Waals surface area contributed by atoms with Gasteiger partial charge in [-0.1, -0.05) is 24.3 Å². The monoisotopic (exact) mass is 330 g/mol. The van der Waals surface area contributed by atoms with Gasteiger partial charge in [0.15, 0.2) is 0 Å². The fraction of sp³-hybridized carbons (Fsp3) is 0.0714. The van der Waals surface area contributed by atoms with Crippen LogP contribution in [0.1, 0.15) is 11.6 Å². The van der Waals surface area contributed by atoms with E-state index in [1.165, 1.54) is 24.3 Å². The Morgan fingerprint density at radius 1 is 1.00 bits per heavy atom. The van der Waals surface area contributed by atoms with E-state index in [1.54, 1.807) is 12.1 Å². The first-order valence-corrected chi connectivity index (χ1v) is 6.15. The summed E-state index contributed by atoms with van der Waals surface area (Å²) in [5.74, 6) is 0.0761. The Bertz CT molecular complexity index is 654. The maximum atomic E-state index is 12.5. The first kappa shape index (κ1) is 19.1. The van der Waals surface area contributed by atoms with Crippen molar-refractivity contribution in [2.24, 2.45) is 0 Å². The molecule has 0 aliphatic carbocycles. The Hall–Kier alpha value is -0.979. The first-order chi connectivity index (χ1) is 9.90. The molecule has 108 valence electrons. The van der Waals surface area contributed by atoms with Crippen LogP contribution in [-0.2, 0) is 0 Å². The van der Waals surface area contributed by atoms with Gasteiger partial charge in [0.25, 0.3) is 0 Å². The number of phenols is 1. The maximum absolute atomic E-state index is 12.5. The number of rotatable bonds is 4. The van der Waals surface area contributed by atoms with E-state index in [-0.39, 0.29) is 57.1 Å². The van der Waals surface area contributed by atoms with Gasteiger partial charge in [-0.3, -0.25) is 0 Å². The molecule has 0 aliphatic heterocycles. The molecule has 0 aliphatic rings. The molecule has 1 atom stereocenters. The van der Waals surface area contributed by atoms with Gasteiger partial charge in [-0.2, -0.15) is 5.26 Å². The number of anilines is 1. The molecule has 0 radical (unpaired) electrons. The summed E-state index contributed by atoms with van der Waals surface area (Å²) < 4.78 is 37.6. The SMILES string of the molecule is N#CC(Nc1ccc([B-](F)(F)F)cc1)c1ccc(O)cc1.[K+]. The predicted molar refractivity (Wildman–Crippen MR) is 75.2 cm³/mol. The molecule has 2 rings (SSSR count). The van der Waals surface area contributed by atoms with Crippen molar-refractivity contribution in [2.45, 2.75) is 6.04 Å². The van der Waals surface area contributed by atoms with E-state index in [2.05, 4.69) is 5.32 Å². The van der Waals surface area contributed by atoms with Crippen LogP contribution >= 0.6 is 0 Å². The van der Waals surface area contributed by atoms with Crippen LogP contribution in [-0.4, -0.2) is 12.1 Å². The third-order valence-corrected chi connectivity index (χ3v) is 2.96. The molecule has 2 aromatic rings. The first-order valence-electron chi connectivity index (χ1n) is 6.15. The summed E-state index contributed by atoms with van der Waals surface area (Å²) in [5, 5.41) is 21.2. The molecular weight excluding hydrogens is 319 g/mol. The number of hydrogen-bond donors (Lipinski definition) is 2. The molecule has 0 amide bonds. The van der Waals surface area contributed by atoms with Crippen molar-refractivity contribution >= 4 is 18.1 Å². The Morgan fingerprint density at radius 3 is 2.00 bits per heavy atom. The number of benzene rings is 2. The van der Waals surface area contributed by atoms with Crippen molar-refractivity contribution in [3.05, 3.63) is 54.1 Å². The number of nitrogens with zero attached hydrogens (tertiary/aromatic N) is 1. The minimum Gasteiger partial charge on any atom is -0.508 e. The van der Waals surface area contributed by atoms with Gasteiger partial charge in [0.05, 0.1) is 6.07 Å². The van der Waals surface area contributed by atoms with E-state index in [9.17, 15) is 18.1 Å². The average molecular weight is 330 g/mol. The second-order valence-electron chi connectivity index (χ2n) is 4.49.